The van der Waals surface area contributed by atoms with Crippen LogP contribution >= 0.6 is 0 Å². The minimum Gasteiger partial charge on any atom is -0.377 e. The molecule has 2 rings (SSSR count). The summed E-state index contributed by atoms with van der Waals surface area (Å²) < 4.78 is 18.5. The molecule has 1 fully saturated rings. The number of primary amides is 1. The van der Waals surface area contributed by atoms with E-state index in [-0.39, 0.29) is 11.6 Å². The van der Waals surface area contributed by atoms with Crippen molar-refractivity contribution in [2.45, 2.75) is 13.0 Å². The van der Waals surface area contributed by atoms with Gasteiger partial charge in [-0.15, -0.1) is 0 Å². The van der Waals surface area contributed by atoms with Crippen molar-refractivity contribution < 1.29 is 13.9 Å². The van der Waals surface area contributed by atoms with E-state index in [9.17, 15) is 9.18 Å². The Hall–Kier alpha value is -1.62. The van der Waals surface area contributed by atoms with Crippen molar-refractivity contribution in [3.05, 3.63) is 29.1 Å². The smallest absolute Gasteiger partial charge is 0.248 e. The summed E-state index contributed by atoms with van der Waals surface area (Å²) in [6, 6.07) is 2.90. The molecule has 3 N–H and O–H groups in total. The van der Waals surface area contributed by atoms with Gasteiger partial charge in [-0.3, -0.25) is 4.79 Å². The van der Waals surface area contributed by atoms with Gasteiger partial charge in [0.2, 0.25) is 5.91 Å². The van der Waals surface area contributed by atoms with Crippen LogP contribution in [0.25, 0.3) is 0 Å². The van der Waals surface area contributed by atoms with Gasteiger partial charge in [-0.05, 0) is 19.1 Å². The van der Waals surface area contributed by atoms with Crippen molar-refractivity contribution in [1.29, 1.82) is 0 Å². The fourth-order valence-corrected chi connectivity index (χ4v) is 1.51. The highest BCUT2D eigenvalue weighted by Gasteiger charge is 2.20. The van der Waals surface area contributed by atoms with Crippen molar-refractivity contribution in [2.24, 2.45) is 5.73 Å². The topological polar surface area (TPSA) is 64.4 Å². The molecule has 1 heterocycles. The monoisotopic (exact) mass is 224 g/mol. The van der Waals surface area contributed by atoms with Crippen LogP contribution in [-0.2, 0) is 4.74 Å². The minimum atomic E-state index is -0.633. The predicted octanol–water partition coefficient (Wildman–Crippen LogP) is 1.04. The average molecular weight is 224 g/mol. The lowest BCUT2D eigenvalue weighted by atomic mass is 10.1. The van der Waals surface area contributed by atoms with Crippen LogP contribution in [0.3, 0.4) is 0 Å². The molecule has 1 aromatic carbocycles. The molecule has 16 heavy (non-hydrogen) atoms. The van der Waals surface area contributed by atoms with Crippen LogP contribution < -0.4 is 11.1 Å². The van der Waals surface area contributed by atoms with Gasteiger partial charge in [-0.25, -0.2) is 4.39 Å². The van der Waals surface area contributed by atoms with Gasteiger partial charge in [-0.2, -0.15) is 0 Å². The second-order valence-corrected chi connectivity index (χ2v) is 3.87. The Morgan fingerprint density at radius 1 is 1.56 bits per heavy atom. The zero-order chi connectivity index (χ0) is 11.7. The van der Waals surface area contributed by atoms with Gasteiger partial charge in [0.05, 0.1) is 19.3 Å². The van der Waals surface area contributed by atoms with E-state index in [0.29, 0.717) is 24.5 Å². The lowest BCUT2D eigenvalue weighted by Crippen LogP contribution is -2.40. The Balaban J connectivity index is 2.30. The SMILES string of the molecule is Cc1c(F)cc(C(N)=O)cc1NC1COC1. The zero-order valence-electron chi connectivity index (χ0n) is 8.92. The standard InChI is InChI=1S/C11H13FN2O2/c1-6-9(12)2-7(11(13)15)3-10(6)14-8-4-16-5-8/h2-3,8,14H,4-5H2,1H3,(H2,13,15). The van der Waals surface area contributed by atoms with Crippen LogP contribution in [-0.4, -0.2) is 25.2 Å². The number of carbonyl (C=O) groups is 1. The fraction of sp³-hybridized carbons (Fsp3) is 0.364. The summed E-state index contributed by atoms with van der Waals surface area (Å²) in [7, 11) is 0. The number of rotatable bonds is 3. The van der Waals surface area contributed by atoms with Gasteiger partial charge in [0.15, 0.2) is 0 Å². The van der Waals surface area contributed by atoms with E-state index in [1.165, 1.54) is 0 Å². The second kappa shape index (κ2) is 4.09. The Morgan fingerprint density at radius 2 is 2.25 bits per heavy atom. The molecule has 1 aliphatic heterocycles. The highest BCUT2D eigenvalue weighted by molar-refractivity contribution is 5.94. The Bertz CT molecular complexity index is 430. The number of carbonyl (C=O) groups excluding carboxylic acids is 1. The van der Waals surface area contributed by atoms with Crippen molar-refractivity contribution in [3.63, 3.8) is 0 Å². The normalized spacial score (nSPS) is 15.6. The highest BCUT2D eigenvalue weighted by atomic mass is 19.1. The van der Waals surface area contributed by atoms with Gasteiger partial charge in [-0.1, -0.05) is 0 Å². The predicted molar refractivity (Wildman–Crippen MR) is 57.9 cm³/mol. The molecular formula is C11H13FN2O2. The molecule has 0 unspecified atom stereocenters. The third-order valence-corrected chi connectivity index (χ3v) is 2.63. The Kier molecular flexibility index (Phi) is 2.78. The van der Waals surface area contributed by atoms with Crippen LogP contribution in [0.4, 0.5) is 10.1 Å². The highest BCUT2D eigenvalue weighted by Crippen LogP contribution is 2.22. The number of ether oxygens (including phenoxy) is 1. The van der Waals surface area contributed by atoms with Crippen molar-refractivity contribution in [3.8, 4) is 0 Å². The number of amides is 1. The van der Waals surface area contributed by atoms with E-state index >= 15 is 0 Å². The van der Waals surface area contributed by atoms with Crippen LogP contribution in [0.5, 0.6) is 0 Å². The number of nitrogens with one attached hydrogen (secondary N) is 1. The molecule has 1 saturated heterocycles. The lowest BCUT2D eigenvalue weighted by Gasteiger charge is -2.28. The van der Waals surface area contributed by atoms with E-state index in [2.05, 4.69) is 5.32 Å². The summed E-state index contributed by atoms with van der Waals surface area (Å²) in [6.45, 7) is 2.85. The molecule has 0 radical (unpaired) electrons. The second-order valence-electron chi connectivity index (χ2n) is 3.87. The molecule has 86 valence electrons. The summed E-state index contributed by atoms with van der Waals surface area (Å²) in [5, 5.41) is 3.11. The van der Waals surface area contributed by atoms with Crippen LogP contribution in [0.2, 0.25) is 0 Å². The molecule has 1 aromatic rings. The molecule has 0 saturated carbocycles. The number of halogens is 1. The first-order valence-electron chi connectivity index (χ1n) is 5.02. The Labute approximate surface area is 92.6 Å². The van der Waals surface area contributed by atoms with Crippen LogP contribution in [0.1, 0.15) is 15.9 Å². The minimum absolute atomic E-state index is 0.172. The molecular weight excluding hydrogens is 211 g/mol. The van der Waals surface area contributed by atoms with Crippen molar-refractivity contribution >= 4 is 11.6 Å². The first kappa shape index (κ1) is 10.9. The molecule has 0 aliphatic carbocycles. The van der Waals surface area contributed by atoms with Crippen LogP contribution in [0, 0.1) is 12.7 Å². The first-order valence-corrected chi connectivity index (χ1v) is 5.02. The number of anilines is 1. The molecule has 0 aromatic heterocycles. The molecule has 0 atom stereocenters. The van der Waals surface area contributed by atoms with E-state index in [0.717, 1.165) is 6.07 Å². The molecule has 0 spiro atoms. The molecule has 1 aliphatic rings. The lowest BCUT2D eigenvalue weighted by molar-refractivity contribution is 0.0211. The number of hydrogen-bond acceptors (Lipinski definition) is 3. The van der Waals surface area contributed by atoms with Crippen molar-refractivity contribution in [1.82, 2.24) is 0 Å². The summed E-state index contributed by atoms with van der Waals surface area (Å²) in [5.74, 6) is -1.06. The largest absolute Gasteiger partial charge is 0.377 e. The van der Waals surface area contributed by atoms with E-state index in [1.54, 1.807) is 13.0 Å². The third-order valence-electron chi connectivity index (χ3n) is 2.63. The van der Waals surface area contributed by atoms with Gasteiger partial charge < -0.3 is 15.8 Å². The average Bonchev–Trinajstić information content (AvgIpc) is 2.17. The summed E-state index contributed by atoms with van der Waals surface area (Å²) in [5.41, 5.74) is 6.38. The maximum absolute atomic E-state index is 13.5. The third kappa shape index (κ3) is 1.99. The number of hydrogen-bond donors (Lipinski definition) is 2. The van der Waals surface area contributed by atoms with E-state index < -0.39 is 11.7 Å². The van der Waals surface area contributed by atoms with Crippen LogP contribution in [0.15, 0.2) is 12.1 Å². The molecule has 5 heteroatoms. The zero-order valence-corrected chi connectivity index (χ0v) is 8.92. The van der Waals surface area contributed by atoms with Crippen molar-refractivity contribution in [2.75, 3.05) is 18.5 Å². The number of benzene rings is 1. The maximum atomic E-state index is 13.5. The van der Waals surface area contributed by atoms with Gasteiger partial charge in [0.25, 0.3) is 0 Å². The molecule has 4 nitrogen and oxygen atoms in total. The summed E-state index contributed by atoms with van der Waals surface area (Å²) in [4.78, 5) is 11.0. The summed E-state index contributed by atoms with van der Waals surface area (Å²) >= 11 is 0. The molecule has 0 bridgehead atoms. The summed E-state index contributed by atoms with van der Waals surface area (Å²) in [6.07, 6.45) is 0. The fourth-order valence-electron chi connectivity index (χ4n) is 1.51. The van der Waals surface area contributed by atoms with Gasteiger partial charge >= 0.3 is 0 Å². The quantitative estimate of drug-likeness (QED) is 0.806. The van der Waals surface area contributed by atoms with E-state index in [4.69, 9.17) is 10.5 Å². The van der Waals surface area contributed by atoms with Gasteiger partial charge in [0, 0.05) is 16.8 Å². The number of nitrogens with two attached hydrogens (primary N) is 1. The Morgan fingerprint density at radius 3 is 2.75 bits per heavy atom. The first-order chi connectivity index (χ1) is 7.58. The van der Waals surface area contributed by atoms with Gasteiger partial charge in [0.1, 0.15) is 5.82 Å². The molecule has 1 amide bonds. The van der Waals surface area contributed by atoms with E-state index in [1.807, 2.05) is 0 Å². The maximum Gasteiger partial charge on any atom is 0.248 e.